The Morgan fingerprint density at radius 3 is 2.80 bits per heavy atom. The van der Waals surface area contributed by atoms with Crippen LogP contribution >= 0.6 is 11.6 Å². The molecule has 2 aromatic rings. The van der Waals surface area contributed by atoms with Crippen LogP contribution in [0.3, 0.4) is 0 Å². The van der Waals surface area contributed by atoms with Crippen LogP contribution in [0.5, 0.6) is 0 Å². The quantitative estimate of drug-likeness (QED) is 0.704. The van der Waals surface area contributed by atoms with E-state index in [1.807, 2.05) is 4.72 Å². The number of hydrogen-bond acceptors (Lipinski definition) is 6. The van der Waals surface area contributed by atoms with Gasteiger partial charge in [-0.15, -0.1) is 0 Å². The van der Waals surface area contributed by atoms with Crippen LogP contribution in [-0.2, 0) is 10.0 Å². The zero-order chi connectivity index (χ0) is 14.9. The van der Waals surface area contributed by atoms with Gasteiger partial charge in [0.2, 0.25) is 5.95 Å². The van der Waals surface area contributed by atoms with Gasteiger partial charge in [0, 0.05) is 6.20 Å². The normalized spacial score (nSPS) is 11.3. The molecule has 0 spiro atoms. The Morgan fingerprint density at radius 1 is 1.50 bits per heavy atom. The van der Waals surface area contributed by atoms with E-state index < -0.39 is 26.6 Å². The number of anilines is 1. The van der Waals surface area contributed by atoms with Crippen molar-refractivity contribution < 1.29 is 18.3 Å². The monoisotopic (exact) mass is 317 g/mol. The lowest BCUT2D eigenvalue weighted by atomic mass is 10.4. The molecule has 0 fully saturated rings. The SMILES string of the molecule is Cc1[nH]nc(C(=O)O)c1S(=O)(=O)Nc1nccc(Cl)n1. The van der Waals surface area contributed by atoms with Crippen LogP contribution in [0.1, 0.15) is 16.2 Å². The van der Waals surface area contributed by atoms with Crippen molar-refractivity contribution in [2.45, 2.75) is 11.8 Å². The number of aromatic nitrogens is 4. The van der Waals surface area contributed by atoms with Gasteiger partial charge in [0.1, 0.15) is 10.0 Å². The van der Waals surface area contributed by atoms with E-state index in [-0.39, 0.29) is 16.8 Å². The molecule has 2 rings (SSSR count). The highest BCUT2D eigenvalue weighted by molar-refractivity contribution is 7.92. The van der Waals surface area contributed by atoms with Gasteiger partial charge < -0.3 is 5.11 Å². The van der Waals surface area contributed by atoms with Crippen molar-refractivity contribution in [3.63, 3.8) is 0 Å². The largest absolute Gasteiger partial charge is 0.476 e. The number of carboxylic acids is 1. The summed E-state index contributed by atoms with van der Waals surface area (Å²) in [6.45, 7) is 1.38. The molecule has 9 nitrogen and oxygen atoms in total. The highest BCUT2D eigenvalue weighted by Gasteiger charge is 2.28. The van der Waals surface area contributed by atoms with Gasteiger partial charge >= 0.3 is 5.97 Å². The highest BCUT2D eigenvalue weighted by atomic mass is 35.5. The maximum Gasteiger partial charge on any atom is 0.357 e. The summed E-state index contributed by atoms with van der Waals surface area (Å²) >= 11 is 5.61. The Hall–Kier alpha value is -2.20. The molecule has 0 aromatic carbocycles. The number of rotatable bonds is 4. The van der Waals surface area contributed by atoms with E-state index in [2.05, 4.69) is 20.2 Å². The minimum Gasteiger partial charge on any atom is -0.476 e. The number of carbonyl (C=O) groups is 1. The molecule has 0 unspecified atom stereocenters. The van der Waals surface area contributed by atoms with Gasteiger partial charge in [0.25, 0.3) is 10.0 Å². The van der Waals surface area contributed by atoms with Crippen LogP contribution in [0.15, 0.2) is 17.2 Å². The van der Waals surface area contributed by atoms with E-state index in [1.165, 1.54) is 19.2 Å². The van der Waals surface area contributed by atoms with Crippen molar-refractivity contribution in [1.29, 1.82) is 0 Å². The third-order valence-corrected chi connectivity index (χ3v) is 3.91. The summed E-state index contributed by atoms with van der Waals surface area (Å²) in [5.41, 5.74) is -0.533. The number of nitrogens with zero attached hydrogens (tertiary/aromatic N) is 3. The van der Waals surface area contributed by atoms with Gasteiger partial charge in [-0.3, -0.25) is 5.10 Å². The molecule has 2 aromatic heterocycles. The van der Waals surface area contributed by atoms with Gasteiger partial charge in [0.15, 0.2) is 5.69 Å². The third-order valence-electron chi connectivity index (χ3n) is 2.21. The number of aromatic amines is 1. The van der Waals surface area contributed by atoms with Gasteiger partial charge in [-0.1, -0.05) is 11.6 Å². The number of carboxylic acid groups (broad SMARTS) is 1. The second kappa shape index (κ2) is 5.06. The molecule has 0 radical (unpaired) electrons. The van der Waals surface area contributed by atoms with Crippen LogP contribution < -0.4 is 4.72 Å². The first-order valence-corrected chi connectivity index (χ1v) is 6.97. The molecule has 0 saturated carbocycles. The van der Waals surface area contributed by atoms with Gasteiger partial charge in [-0.2, -0.15) is 5.10 Å². The minimum absolute atomic E-state index is 0.0417. The number of sulfonamides is 1. The van der Waals surface area contributed by atoms with Gasteiger partial charge in [0.05, 0.1) is 5.69 Å². The summed E-state index contributed by atoms with van der Waals surface area (Å²) in [6.07, 6.45) is 1.26. The molecule has 0 aliphatic rings. The molecule has 0 aliphatic carbocycles. The Kier molecular flexibility index (Phi) is 3.59. The molecular formula is C9H8ClN5O4S. The topological polar surface area (TPSA) is 138 Å². The van der Waals surface area contributed by atoms with E-state index in [0.29, 0.717) is 0 Å². The molecular weight excluding hydrogens is 310 g/mol. The first-order valence-electron chi connectivity index (χ1n) is 5.11. The molecule has 11 heteroatoms. The molecule has 3 N–H and O–H groups in total. The summed E-state index contributed by atoms with van der Waals surface area (Å²) in [5, 5.41) is 14.7. The summed E-state index contributed by atoms with van der Waals surface area (Å²) in [7, 11) is -4.20. The van der Waals surface area contributed by atoms with Gasteiger partial charge in [-0.05, 0) is 13.0 Å². The second-order valence-electron chi connectivity index (χ2n) is 3.64. The van der Waals surface area contributed by atoms with Crippen LogP contribution in [0.25, 0.3) is 0 Å². The number of nitrogens with one attached hydrogen (secondary N) is 2. The molecule has 0 bridgehead atoms. The third kappa shape index (κ3) is 2.70. The van der Waals surface area contributed by atoms with Crippen LogP contribution in [-0.4, -0.2) is 39.7 Å². The average Bonchev–Trinajstić information content (AvgIpc) is 2.71. The number of aryl methyl sites for hydroxylation is 1. The molecule has 2 heterocycles. The summed E-state index contributed by atoms with van der Waals surface area (Å²) < 4.78 is 26.4. The first kappa shape index (κ1) is 14.2. The number of hydrogen-bond donors (Lipinski definition) is 3. The zero-order valence-corrected chi connectivity index (χ0v) is 11.5. The molecule has 0 amide bonds. The summed E-state index contributed by atoms with van der Waals surface area (Å²) in [4.78, 5) is 17.8. The Morgan fingerprint density at radius 2 is 2.20 bits per heavy atom. The van der Waals surface area contributed by atoms with E-state index in [0.717, 1.165) is 0 Å². The fourth-order valence-corrected chi connectivity index (χ4v) is 2.86. The average molecular weight is 318 g/mol. The van der Waals surface area contributed by atoms with E-state index in [4.69, 9.17) is 16.7 Å². The maximum atomic E-state index is 12.2. The lowest BCUT2D eigenvalue weighted by molar-refractivity contribution is 0.0686. The Balaban J connectivity index is 2.46. The number of halogens is 1. The van der Waals surface area contributed by atoms with Crippen molar-refractivity contribution in [3.8, 4) is 0 Å². The summed E-state index contributed by atoms with van der Waals surface area (Å²) in [6, 6.07) is 1.37. The number of H-pyrrole nitrogens is 1. The van der Waals surface area contributed by atoms with E-state index >= 15 is 0 Å². The lowest BCUT2D eigenvalue weighted by Crippen LogP contribution is -2.18. The lowest BCUT2D eigenvalue weighted by Gasteiger charge is -2.06. The smallest absolute Gasteiger partial charge is 0.357 e. The van der Waals surface area contributed by atoms with Gasteiger partial charge in [-0.25, -0.2) is 27.9 Å². The van der Waals surface area contributed by atoms with Crippen LogP contribution in [0.4, 0.5) is 5.95 Å². The van der Waals surface area contributed by atoms with Crippen LogP contribution in [0.2, 0.25) is 5.15 Å². The Labute approximate surface area is 118 Å². The van der Waals surface area contributed by atoms with Crippen molar-refractivity contribution in [1.82, 2.24) is 20.2 Å². The summed E-state index contributed by atoms with van der Waals surface area (Å²) in [5.74, 6) is -1.74. The van der Waals surface area contributed by atoms with Crippen molar-refractivity contribution in [2.75, 3.05) is 4.72 Å². The molecule has 0 saturated heterocycles. The predicted octanol–water partition coefficient (Wildman–Crippen LogP) is 0.661. The predicted molar refractivity (Wildman–Crippen MR) is 68.1 cm³/mol. The first-order chi connectivity index (χ1) is 9.31. The minimum atomic E-state index is -4.20. The van der Waals surface area contributed by atoms with Crippen molar-refractivity contribution in [2.24, 2.45) is 0 Å². The molecule has 106 valence electrons. The fraction of sp³-hybridized carbons (Fsp3) is 0.111. The highest BCUT2D eigenvalue weighted by Crippen LogP contribution is 2.20. The van der Waals surface area contributed by atoms with E-state index in [9.17, 15) is 13.2 Å². The molecule has 0 atom stereocenters. The fourth-order valence-electron chi connectivity index (χ4n) is 1.45. The molecule has 0 aliphatic heterocycles. The maximum absolute atomic E-state index is 12.2. The van der Waals surface area contributed by atoms with Crippen LogP contribution in [0, 0.1) is 6.92 Å². The van der Waals surface area contributed by atoms with Crippen molar-refractivity contribution in [3.05, 3.63) is 28.8 Å². The van der Waals surface area contributed by atoms with E-state index in [1.54, 1.807) is 0 Å². The number of aromatic carboxylic acids is 1. The molecule has 20 heavy (non-hydrogen) atoms. The van der Waals surface area contributed by atoms with Crippen molar-refractivity contribution >= 4 is 33.5 Å². The Bertz CT molecular complexity index is 772. The second-order valence-corrected chi connectivity index (χ2v) is 5.65. The standard InChI is InChI=1S/C9H8ClN5O4S/c1-4-7(6(8(16)17)14-13-4)20(18,19)15-9-11-3-2-5(10)12-9/h2-3H,1H3,(H,13,14)(H,16,17)(H,11,12,15). The zero-order valence-electron chi connectivity index (χ0n) is 9.95.